The van der Waals surface area contributed by atoms with Crippen LogP contribution in [0.2, 0.25) is 0 Å². The number of nitrogens with one attached hydrogen (secondary N) is 1. The summed E-state index contributed by atoms with van der Waals surface area (Å²) in [5.74, 6) is 1.24. The summed E-state index contributed by atoms with van der Waals surface area (Å²) in [5.41, 5.74) is 6.10. The molecule has 1 fully saturated rings. The third-order valence-corrected chi connectivity index (χ3v) is 4.17. The molecule has 0 aromatic carbocycles. The molecule has 1 saturated carbocycles. The van der Waals surface area contributed by atoms with E-state index >= 15 is 0 Å². The van der Waals surface area contributed by atoms with Crippen molar-refractivity contribution in [2.45, 2.75) is 58.8 Å². The Morgan fingerprint density at radius 3 is 2.58 bits per heavy atom. The van der Waals surface area contributed by atoms with Gasteiger partial charge >= 0.3 is 0 Å². The van der Waals surface area contributed by atoms with Crippen LogP contribution in [0.15, 0.2) is 4.99 Å². The minimum Gasteiger partial charge on any atom is -0.396 e. The van der Waals surface area contributed by atoms with Crippen molar-refractivity contribution in [2.75, 3.05) is 19.7 Å². The van der Waals surface area contributed by atoms with E-state index in [1.165, 1.54) is 32.1 Å². The van der Waals surface area contributed by atoms with Gasteiger partial charge in [-0.3, -0.25) is 4.99 Å². The monoisotopic (exact) mass is 269 g/mol. The molecule has 112 valence electrons. The molecule has 0 aliphatic heterocycles. The van der Waals surface area contributed by atoms with Crippen LogP contribution in [0.25, 0.3) is 0 Å². The summed E-state index contributed by atoms with van der Waals surface area (Å²) in [4.78, 5) is 4.51. The van der Waals surface area contributed by atoms with Gasteiger partial charge in [0.1, 0.15) is 0 Å². The zero-order valence-electron chi connectivity index (χ0n) is 12.6. The van der Waals surface area contributed by atoms with Gasteiger partial charge in [-0.15, -0.1) is 0 Å². The number of hydrogen-bond donors (Lipinski definition) is 3. The SMILES string of the molecule is CC(C)CCNC(N)=NCC1(CCO)CCCCC1. The van der Waals surface area contributed by atoms with Crippen LogP contribution in [-0.4, -0.2) is 30.8 Å². The molecule has 4 heteroatoms. The lowest BCUT2D eigenvalue weighted by molar-refractivity contribution is 0.137. The van der Waals surface area contributed by atoms with Crippen LogP contribution >= 0.6 is 0 Å². The first-order chi connectivity index (χ1) is 9.08. The Kier molecular flexibility index (Phi) is 7.21. The van der Waals surface area contributed by atoms with E-state index in [0.717, 1.165) is 25.9 Å². The number of nitrogens with two attached hydrogens (primary N) is 1. The average Bonchev–Trinajstić information content (AvgIpc) is 2.38. The van der Waals surface area contributed by atoms with E-state index in [2.05, 4.69) is 24.2 Å². The maximum absolute atomic E-state index is 9.26. The third kappa shape index (κ3) is 6.28. The molecule has 0 unspecified atom stereocenters. The van der Waals surface area contributed by atoms with Gasteiger partial charge in [0, 0.05) is 19.7 Å². The highest BCUT2D eigenvalue weighted by Crippen LogP contribution is 2.39. The molecule has 0 bridgehead atoms. The second-order valence-electron chi connectivity index (χ2n) is 6.35. The zero-order chi connectivity index (χ0) is 14.1. The summed E-state index contributed by atoms with van der Waals surface area (Å²) in [6, 6.07) is 0. The maximum Gasteiger partial charge on any atom is 0.188 e. The lowest BCUT2D eigenvalue weighted by atomic mass is 9.72. The van der Waals surface area contributed by atoms with Gasteiger partial charge in [0.25, 0.3) is 0 Å². The lowest BCUT2D eigenvalue weighted by Crippen LogP contribution is -2.36. The lowest BCUT2D eigenvalue weighted by Gasteiger charge is -2.35. The minimum atomic E-state index is 0.192. The summed E-state index contributed by atoms with van der Waals surface area (Å²) < 4.78 is 0. The van der Waals surface area contributed by atoms with E-state index in [-0.39, 0.29) is 12.0 Å². The predicted octanol–water partition coefficient (Wildman–Crippen LogP) is 2.27. The summed E-state index contributed by atoms with van der Waals surface area (Å²) in [7, 11) is 0. The number of aliphatic imine (C=N–C) groups is 1. The van der Waals surface area contributed by atoms with Crippen LogP contribution in [0.4, 0.5) is 0 Å². The smallest absolute Gasteiger partial charge is 0.188 e. The van der Waals surface area contributed by atoms with Crippen LogP contribution in [0.5, 0.6) is 0 Å². The fraction of sp³-hybridized carbons (Fsp3) is 0.933. The van der Waals surface area contributed by atoms with Crippen LogP contribution < -0.4 is 11.1 Å². The van der Waals surface area contributed by atoms with Gasteiger partial charge in [-0.2, -0.15) is 0 Å². The van der Waals surface area contributed by atoms with Crippen molar-refractivity contribution < 1.29 is 5.11 Å². The van der Waals surface area contributed by atoms with Gasteiger partial charge in [-0.05, 0) is 37.0 Å². The number of aliphatic hydroxyl groups excluding tert-OH is 1. The Balaban J connectivity index is 2.40. The molecule has 0 atom stereocenters. The number of aliphatic hydroxyl groups is 1. The van der Waals surface area contributed by atoms with E-state index in [4.69, 9.17) is 5.73 Å². The second-order valence-corrected chi connectivity index (χ2v) is 6.35. The highest BCUT2D eigenvalue weighted by atomic mass is 16.3. The van der Waals surface area contributed by atoms with Crippen molar-refractivity contribution in [2.24, 2.45) is 22.1 Å². The Morgan fingerprint density at radius 2 is 2.00 bits per heavy atom. The van der Waals surface area contributed by atoms with Crippen molar-refractivity contribution in [1.82, 2.24) is 5.32 Å². The first-order valence-electron chi connectivity index (χ1n) is 7.73. The van der Waals surface area contributed by atoms with Crippen LogP contribution in [-0.2, 0) is 0 Å². The molecule has 0 saturated heterocycles. The normalized spacial score (nSPS) is 19.7. The van der Waals surface area contributed by atoms with Gasteiger partial charge < -0.3 is 16.2 Å². The van der Waals surface area contributed by atoms with Gasteiger partial charge in [0.15, 0.2) is 5.96 Å². The molecule has 0 radical (unpaired) electrons. The number of nitrogens with zero attached hydrogens (tertiary/aromatic N) is 1. The van der Waals surface area contributed by atoms with E-state index in [1.54, 1.807) is 0 Å². The maximum atomic E-state index is 9.26. The Labute approximate surface area is 117 Å². The van der Waals surface area contributed by atoms with Gasteiger partial charge in [-0.1, -0.05) is 33.1 Å². The molecule has 19 heavy (non-hydrogen) atoms. The highest BCUT2D eigenvalue weighted by Gasteiger charge is 2.31. The minimum absolute atomic E-state index is 0.192. The summed E-state index contributed by atoms with van der Waals surface area (Å²) in [5, 5.41) is 12.4. The van der Waals surface area contributed by atoms with Crippen LogP contribution in [0.3, 0.4) is 0 Å². The van der Waals surface area contributed by atoms with Crippen molar-refractivity contribution in [1.29, 1.82) is 0 Å². The molecule has 4 nitrogen and oxygen atoms in total. The molecule has 0 aromatic heterocycles. The molecule has 1 rings (SSSR count). The summed E-state index contributed by atoms with van der Waals surface area (Å²) in [6.07, 6.45) is 8.16. The van der Waals surface area contributed by atoms with Crippen molar-refractivity contribution in [3.05, 3.63) is 0 Å². The van der Waals surface area contributed by atoms with Crippen molar-refractivity contribution in [3.63, 3.8) is 0 Å². The molecule has 0 aromatic rings. The number of guanidine groups is 1. The largest absolute Gasteiger partial charge is 0.396 e. The van der Waals surface area contributed by atoms with Crippen molar-refractivity contribution in [3.8, 4) is 0 Å². The molecule has 0 spiro atoms. The Morgan fingerprint density at radius 1 is 1.32 bits per heavy atom. The standard InChI is InChI=1S/C15H31N3O/c1-13(2)6-10-17-14(16)18-12-15(9-11-19)7-4-3-5-8-15/h13,19H,3-12H2,1-2H3,(H3,16,17,18). The molecule has 4 N–H and O–H groups in total. The highest BCUT2D eigenvalue weighted by molar-refractivity contribution is 5.77. The second kappa shape index (κ2) is 8.41. The fourth-order valence-electron chi connectivity index (χ4n) is 2.82. The molecular weight excluding hydrogens is 238 g/mol. The number of hydrogen-bond acceptors (Lipinski definition) is 2. The Bertz CT molecular complexity index is 265. The number of rotatable bonds is 7. The first-order valence-corrected chi connectivity index (χ1v) is 7.73. The quantitative estimate of drug-likeness (QED) is 0.490. The van der Waals surface area contributed by atoms with E-state index in [0.29, 0.717) is 11.9 Å². The van der Waals surface area contributed by atoms with Crippen molar-refractivity contribution >= 4 is 5.96 Å². The van der Waals surface area contributed by atoms with E-state index < -0.39 is 0 Å². The Hall–Kier alpha value is -0.770. The van der Waals surface area contributed by atoms with Gasteiger partial charge in [0.05, 0.1) is 0 Å². The van der Waals surface area contributed by atoms with Gasteiger partial charge in [0.2, 0.25) is 0 Å². The van der Waals surface area contributed by atoms with Crippen LogP contribution in [0, 0.1) is 11.3 Å². The fourth-order valence-corrected chi connectivity index (χ4v) is 2.82. The average molecular weight is 269 g/mol. The molecule has 1 aliphatic rings. The van der Waals surface area contributed by atoms with E-state index in [9.17, 15) is 5.11 Å². The molecule has 1 aliphatic carbocycles. The topological polar surface area (TPSA) is 70.6 Å². The van der Waals surface area contributed by atoms with Gasteiger partial charge in [-0.25, -0.2) is 0 Å². The molecule has 0 heterocycles. The first kappa shape index (κ1) is 16.3. The molecule has 0 amide bonds. The predicted molar refractivity (Wildman–Crippen MR) is 81.2 cm³/mol. The zero-order valence-corrected chi connectivity index (χ0v) is 12.6. The van der Waals surface area contributed by atoms with Crippen LogP contribution in [0.1, 0.15) is 58.8 Å². The summed E-state index contributed by atoms with van der Waals surface area (Å²) >= 11 is 0. The summed E-state index contributed by atoms with van der Waals surface area (Å²) in [6.45, 7) is 6.31. The van der Waals surface area contributed by atoms with E-state index in [1.807, 2.05) is 0 Å². The third-order valence-electron chi connectivity index (χ3n) is 4.17. The molecular formula is C15H31N3O.